The number of benzene rings is 1. The van der Waals surface area contributed by atoms with Gasteiger partial charge in [0.1, 0.15) is 0 Å². The summed E-state index contributed by atoms with van der Waals surface area (Å²) in [7, 11) is 0. The molecule has 0 unspecified atom stereocenters. The van der Waals surface area contributed by atoms with Crippen molar-refractivity contribution in [1.29, 1.82) is 0 Å². The lowest BCUT2D eigenvalue weighted by molar-refractivity contribution is 0.0490. The van der Waals surface area contributed by atoms with Crippen LogP contribution in [0.2, 0.25) is 0 Å². The van der Waals surface area contributed by atoms with Gasteiger partial charge in [-0.05, 0) is 24.8 Å². The average molecular weight is 313 g/mol. The van der Waals surface area contributed by atoms with Crippen LogP contribution in [0, 0.1) is 5.92 Å². The van der Waals surface area contributed by atoms with Crippen LogP contribution in [0.15, 0.2) is 30.5 Å². The Morgan fingerprint density at radius 3 is 2.70 bits per heavy atom. The largest absolute Gasteiger partial charge is 0.392 e. The summed E-state index contributed by atoms with van der Waals surface area (Å²) in [5, 5.41) is 11.0. The lowest BCUT2D eigenvalue weighted by Gasteiger charge is -2.35. The summed E-state index contributed by atoms with van der Waals surface area (Å²) >= 11 is 0. The SMILES string of the molecule is O=C(c1c[nH]c2ccccc12)N1CCN(C[C@@H](O)C2CC2)CC1. The van der Waals surface area contributed by atoms with Crippen LogP contribution in [0.3, 0.4) is 0 Å². The minimum Gasteiger partial charge on any atom is -0.392 e. The minimum absolute atomic E-state index is 0.102. The molecule has 5 heteroatoms. The van der Waals surface area contributed by atoms with E-state index in [1.165, 1.54) is 12.8 Å². The van der Waals surface area contributed by atoms with Crippen LogP contribution in [-0.2, 0) is 0 Å². The predicted octanol–water partition coefficient (Wildman–Crippen LogP) is 1.70. The van der Waals surface area contributed by atoms with E-state index in [1.807, 2.05) is 35.4 Å². The Kier molecular flexibility index (Phi) is 3.83. The second-order valence-corrected chi connectivity index (χ2v) is 6.75. The lowest BCUT2D eigenvalue weighted by atomic mass is 10.1. The molecule has 0 spiro atoms. The molecule has 2 heterocycles. The number of carbonyl (C=O) groups is 1. The number of nitrogens with zero attached hydrogens (tertiary/aromatic N) is 2. The molecule has 5 nitrogen and oxygen atoms in total. The molecule has 2 aliphatic rings. The molecule has 23 heavy (non-hydrogen) atoms. The van der Waals surface area contributed by atoms with Crippen molar-refractivity contribution >= 4 is 16.8 Å². The first-order valence-corrected chi connectivity index (χ1v) is 8.48. The van der Waals surface area contributed by atoms with Gasteiger partial charge in [0.05, 0.1) is 11.7 Å². The molecule has 1 aliphatic carbocycles. The van der Waals surface area contributed by atoms with E-state index < -0.39 is 0 Å². The number of piperazine rings is 1. The highest BCUT2D eigenvalue weighted by Crippen LogP contribution is 2.33. The second kappa shape index (κ2) is 5.98. The summed E-state index contributed by atoms with van der Waals surface area (Å²) in [6.45, 7) is 3.90. The molecule has 1 amide bonds. The molecule has 0 bridgehead atoms. The number of fused-ring (bicyclic) bond motifs is 1. The Balaban J connectivity index is 1.39. The smallest absolute Gasteiger partial charge is 0.256 e. The number of aromatic amines is 1. The molecule has 0 radical (unpaired) electrons. The topological polar surface area (TPSA) is 59.6 Å². The van der Waals surface area contributed by atoms with Crippen LogP contribution in [0.1, 0.15) is 23.2 Å². The monoisotopic (exact) mass is 313 g/mol. The van der Waals surface area contributed by atoms with E-state index in [-0.39, 0.29) is 12.0 Å². The molecule has 2 fully saturated rings. The van der Waals surface area contributed by atoms with E-state index in [2.05, 4.69) is 9.88 Å². The summed E-state index contributed by atoms with van der Waals surface area (Å²) in [5.41, 5.74) is 1.76. The van der Waals surface area contributed by atoms with Gasteiger partial charge in [-0.25, -0.2) is 0 Å². The molecular weight excluding hydrogens is 290 g/mol. The number of rotatable bonds is 4. The zero-order valence-corrected chi connectivity index (χ0v) is 13.2. The number of carbonyl (C=O) groups excluding carboxylic acids is 1. The maximum absolute atomic E-state index is 12.8. The van der Waals surface area contributed by atoms with Crippen molar-refractivity contribution in [2.45, 2.75) is 18.9 Å². The van der Waals surface area contributed by atoms with Crippen LogP contribution in [-0.4, -0.2) is 64.6 Å². The highest BCUT2D eigenvalue weighted by atomic mass is 16.3. The number of β-amino-alcohol motifs (C(OH)–C–C–N with tert-alkyl or cyclic N) is 1. The number of aliphatic hydroxyl groups excluding tert-OH is 1. The quantitative estimate of drug-likeness (QED) is 0.903. The Hall–Kier alpha value is -1.85. The van der Waals surface area contributed by atoms with E-state index in [0.717, 1.165) is 49.2 Å². The van der Waals surface area contributed by atoms with Gasteiger partial charge in [0.25, 0.3) is 5.91 Å². The highest BCUT2D eigenvalue weighted by Gasteiger charge is 2.32. The third-order valence-corrected chi connectivity index (χ3v) is 5.09. The first kappa shape index (κ1) is 14.7. The van der Waals surface area contributed by atoms with Crippen LogP contribution in [0.25, 0.3) is 10.9 Å². The first-order valence-electron chi connectivity index (χ1n) is 8.48. The van der Waals surface area contributed by atoms with E-state index in [9.17, 15) is 9.90 Å². The van der Waals surface area contributed by atoms with E-state index in [1.54, 1.807) is 0 Å². The van der Waals surface area contributed by atoms with Crippen LogP contribution >= 0.6 is 0 Å². The molecule has 1 aliphatic heterocycles. The van der Waals surface area contributed by atoms with Crippen molar-refractivity contribution in [3.8, 4) is 0 Å². The Bertz CT molecular complexity index is 699. The molecule has 4 rings (SSSR count). The van der Waals surface area contributed by atoms with E-state index >= 15 is 0 Å². The molecule has 2 aromatic rings. The van der Waals surface area contributed by atoms with Crippen LogP contribution < -0.4 is 0 Å². The number of aliphatic hydroxyl groups is 1. The van der Waals surface area contributed by atoms with Gasteiger partial charge in [0.2, 0.25) is 0 Å². The number of H-pyrrole nitrogens is 1. The maximum Gasteiger partial charge on any atom is 0.256 e. The molecule has 1 aromatic heterocycles. The Labute approximate surface area is 135 Å². The van der Waals surface area contributed by atoms with E-state index in [0.29, 0.717) is 5.92 Å². The number of hydrogen-bond acceptors (Lipinski definition) is 3. The fraction of sp³-hybridized carbons (Fsp3) is 0.500. The van der Waals surface area contributed by atoms with Gasteiger partial charge in [0.15, 0.2) is 0 Å². The van der Waals surface area contributed by atoms with Gasteiger partial charge in [-0.2, -0.15) is 0 Å². The van der Waals surface area contributed by atoms with Crippen molar-refractivity contribution in [3.63, 3.8) is 0 Å². The van der Waals surface area contributed by atoms with Crippen LogP contribution in [0.5, 0.6) is 0 Å². The number of aromatic nitrogens is 1. The minimum atomic E-state index is -0.189. The summed E-state index contributed by atoms with van der Waals surface area (Å²) in [5.74, 6) is 0.616. The summed E-state index contributed by atoms with van der Waals surface area (Å²) in [4.78, 5) is 20.1. The van der Waals surface area contributed by atoms with Crippen molar-refractivity contribution in [2.75, 3.05) is 32.7 Å². The molecule has 1 atom stereocenters. The molecule has 122 valence electrons. The Morgan fingerprint density at radius 2 is 1.96 bits per heavy atom. The number of hydrogen-bond donors (Lipinski definition) is 2. The summed E-state index contributed by atoms with van der Waals surface area (Å²) < 4.78 is 0. The van der Waals surface area contributed by atoms with Crippen LogP contribution in [0.4, 0.5) is 0 Å². The van der Waals surface area contributed by atoms with Crippen molar-refractivity contribution < 1.29 is 9.90 Å². The second-order valence-electron chi connectivity index (χ2n) is 6.75. The third kappa shape index (κ3) is 2.99. The summed E-state index contributed by atoms with van der Waals surface area (Å²) in [6, 6.07) is 7.91. The molecule has 1 aromatic carbocycles. The first-order chi connectivity index (χ1) is 11.2. The third-order valence-electron chi connectivity index (χ3n) is 5.09. The molecule has 1 saturated heterocycles. The van der Waals surface area contributed by atoms with Gasteiger partial charge in [-0.3, -0.25) is 9.69 Å². The molecular formula is C18H23N3O2. The lowest BCUT2D eigenvalue weighted by Crippen LogP contribution is -2.50. The van der Waals surface area contributed by atoms with Gasteiger partial charge < -0.3 is 15.0 Å². The van der Waals surface area contributed by atoms with Gasteiger partial charge in [-0.1, -0.05) is 18.2 Å². The van der Waals surface area contributed by atoms with E-state index in [4.69, 9.17) is 0 Å². The maximum atomic E-state index is 12.8. The van der Waals surface area contributed by atoms with Crippen molar-refractivity contribution in [3.05, 3.63) is 36.0 Å². The highest BCUT2D eigenvalue weighted by molar-refractivity contribution is 6.06. The predicted molar refractivity (Wildman–Crippen MR) is 89.4 cm³/mol. The zero-order valence-electron chi connectivity index (χ0n) is 13.2. The zero-order chi connectivity index (χ0) is 15.8. The van der Waals surface area contributed by atoms with Gasteiger partial charge in [0, 0.05) is 49.8 Å². The van der Waals surface area contributed by atoms with Crippen molar-refractivity contribution in [1.82, 2.24) is 14.8 Å². The standard InChI is InChI=1S/C18H23N3O2/c22-17(13-5-6-13)12-20-7-9-21(10-8-20)18(23)15-11-19-16-4-2-1-3-14(15)16/h1-4,11,13,17,19,22H,5-10,12H2/t17-/m1/s1. The average Bonchev–Trinajstić information content (AvgIpc) is 3.35. The van der Waals surface area contributed by atoms with Gasteiger partial charge in [-0.15, -0.1) is 0 Å². The summed E-state index contributed by atoms with van der Waals surface area (Å²) in [6.07, 6.45) is 3.96. The van der Waals surface area contributed by atoms with Gasteiger partial charge >= 0.3 is 0 Å². The molecule has 2 N–H and O–H groups in total. The Morgan fingerprint density at radius 1 is 1.22 bits per heavy atom. The molecule has 1 saturated carbocycles. The normalized spacial score (nSPS) is 20.8. The van der Waals surface area contributed by atoms with Crippen molar-refractivity contribution in [2.24, 2.45) is 5.92 Å². The number of amides is 1. The number of nitrogens with one attached hydrogen (secondary N) is 1. The fourth-order valence-electron chi connectivity index (χ4n) is 3.45. The number of para-hydroxylation sites is 1. The fourth-order valence-corrected chi connectivity index (χ4v) is 3.45.